The summed E-state index contributed by atoms with van der Waals surface area (Å²) in [5, 5.41) is 3.46. The van der Waals surface area contributed by atoms with Crippen LogP contribution in [0.2, 0.25) is 0 Å². The van der Waals surface area contributed by atoms with Gasteiger partial charge in [0.2, 0.25) is 5.95 Å². The van der Waals surface area contributed by atoms with E-state index >= 15 is 0 Å². The minimum atomic E-state index is 0.182. The lowest BCUT2D eigenvalue weighted by Crippen LogP contribution is -2.47. The zero-order valence-corrected chi connectivity index (χ0v) is 15.4. The first-order chi connectivity index (χ1) is 13.3. The molecule has 0 saturated carbocycles. The molecule has 2 aromatic heterocycles. The van der Waals surface area contributed by atoms with Crippen molar-refractivity contribution in [3.8, 4) is 0 Å². The van der Waals surface area contributed by atoms with E-state index in [1.165, 1.54) is 5.56 Å². The predicted molar refractivity (Wildman–Crippen MR) is 107 cm³/mol. The van der Waals surface area contributed by atoms with Gasteiger partial charge in [0, 0.05) is 50.7 Å². The fourth-order valence-corrected chi connectivity index (χ4v) is 3.24. The molecule has 27 heavy (non-hydrogen) atoms. The van der Waals surface area contributed by atoms with E-state index < -0.39 is 0 Å². The molecule has 0 spiro atoms. The summed E-state index contributed by atoms with van der Waals surface area (Å²) in [5.74, 6) is 2.57. The van der Waals surface area contributed by atoms with E-state index in [-0.39, 0.29) is 6.04 Å². The van der Waals surface area contributed by atoms with Crippen molar-refractivity contribution in [1.29, 1.82) is 0 Å². The summed E-state index contributed by atoms with van der Waals surface area (Å²) in [6, 6.07) is 14.4. The average Bonchev–Trinajstić information content (AvgIpc) is 2.75. The van der Waals surface area contributed by atoms with Gasteiger partial charge >= 0.3 is 0 Å². The van der Waals surface area contributed by atoms with E-state index in [1.54, 1.807) is 18.7 Å². The van der Waals surface area contributed by atoms with Gasteiger partial charge in [-0.2, -0.15) is 0 Å². The standard InChI is InChI=1S/C20H23N7/c1-16(17-6-3-2-4-7-17)25-18-14-19(24-15-23-18)26-10-12-27(13-11-26)20-21-8-5-9-22-20/h2-9,14-16H,10-13H2,1H3,(H,23,24,25). The van der Waals surface area contributed by atoms with Crippen molar-refractivity contribution in [3.05, 3.63) is 66.7 Å². The molecule has 3 heterocycles. The molecule has 1 aliphatic heterocycles. The molecule has 4 rings (SSSR count). The van der Waals surface area contributed by atoms with Crippen LogP contribution in [0.15, 0.2) is 61.2 Å². The maximum absolute atomic E-state index is 4.47. The largest absolute Gasteiger partial charge is 0.363 e. The Morgan fingerprint density at radius 1 is 0.852 bits per heavy atom. The van der Waals surface area contributed by atoms with Crippen LogP contribution in [0, 0.1) is 0 Å². The van der Waals surface area contributed by atoms with Crippen LogP contribution in [0.3, 0.4) is 0 Å². The molecule has 1 aliphatic rings. The SMILES string of the molecule is CC(Nc1cc(N2CCN(c3ncccn3)CC2)ncn1)c1ccccc1. The van der Waals surface area contributed by atoms with E-state index in [4.69, 9.17) is 0 Å². The molecule has 1 aromatic carbocycles. The van der Waals surface area contributed by atoms with Gasteiger partial charge in [-0.3, -0.25) is 0 Å². The maximum atomic E-state index is 4.47. The van der Waals surface area contributed by atoms with E-state index in [1.807, 2.05) is 18.2 Å². The molecule has 1 fully saturated rings. The number of benzene rings is 1. The number of nitrogens with zero attached hydrogens (tertiary/aromatic N) is 6. The maximum Gasteiger partial charge on any atom is 0.225 e. The van der Waals surface area contributed by atoms with Crippen LogP contribution in [0.5, 0.6) is 0 Å². The molecule has 7 heteroatoms. The lowest BCUT2D eigenvalue weighted by atomic mass is 10.1. The van der Waals surface area contributed by atoms with Crippen LogP contribution in [-0.4, -0.2) is 46.1 Å². The molecule has 0 bridgehead atoms. The van der Waals surface area contributed by atoms with Crippen LogP contribution in [0.4, 0.5) is 17.6 Å². The van der Waals surface area contributed by atoms with Gasteiger partial charge in [-0.1, -0.05) is 30.3 Å². The van der Waals surface area contributed by atoms with Gasteiger partial charge in [-0.15, -0.1) is 0 Å². The van der Waals surface area contributed by atoms with Crippen LogP contribution in [0.1, 0.15) is 18.5 Å². The Bertz CT molecular complexity index is 848. The highest BCUT2D eigenvalue weighted by Crippen LogP contribution is 2.21. The highest BCUT2D eigenvalue weighted by atomic mass is 15.3. The van der Waals surface area contributed by atoms with Gasteiger partial charge in [0.1, 0.15) is 18.0 Å². The Morgan fingerprint density at radius 3 is 2.30 bits per heavy atom. The first-order valence-electron chi connectivity index (χ1n) is 9.20. The zero-order valence-electron chi connectivity index (χ0n) is 15.4. The monoisotopic (exact) mass is 361 g/mol. The number of nitrogens with one attached hydrogen (secondary N) is 1. The third-order valence-corrected chi connectivity index (χ3v) is 4.76. The molecule has 7 nitrogen and oxygen atoms in total. The molecule has 1 atom stereocenters. The molecular formula is C20H23N7. The van der Waals surface area contributed by atoms with E-state index in [0.29, 0.717) is 0 Å². The summed E-state index contributed by atoms with van der Waals surface area (Å²) >= 11 is 0. The third kappa shape index (κ3) is 4.13. The summed E-state index contributed by atoms with van der Waals surface area (Å²) in [6.45, 7) is 5.63. The van der Waals surface area contributed by atoms with Crippen molar-refractivity contribution in [2.45, 2.75) is 13.0 Å². The topological polar surface area (TPSA) is 70.1 Å². The summed E-state index contributed by atoms with van der Waals surface area (Å²) in [5.41, 5.74) is 1.23. The minimum Gasteiger partial charge on any atom is -0.363 e. The predicted octanol–water partition coefficient (Wildman–Crippen LogP) is 2.77. The molecule has 3 aromatic rings. The van der Waals surface area contributed by atoms with Gasteiger partial charge in [-0.05, 0) is 18.6 Å². The van der Waals surface area contributed by atoms with Crippen molar-refractivity contribution < 1.29 is 0 Å². The highest BCUT2D eigenvalue weighted by molar-refractivity contribution is 5.50. The number of hydrogen-bond acceptors (Lipinski definition) is 7. The van der Waals surface area contributed by atoms with Crippen LogP contribution >= 0.6 is 0 Å². The Hall–Kier alpha value is -3.22. The van der Waals surface area contributed by atoms with Crippen molar-refractivity contribution in [2.75, 3.05) is 41.3 Å². The van der Waals surface area contributed by atoms with E-state index in [0.717, 1.165) is 43.8 Å². The number of piperazine rings is 1. The van der Waals surface area contributed by atoms with Gasteiger partial charge in [-0.25, -0.2) is 19.9 Å². The normalized spacial score (nSPS) is 15.4. The van der Waals surface area contributed by atoms with Gasteiger partial charge in [0.15, 0.2) is 0 Å². The Balaban J connectivity index is 1.40. The van der Waals surface area contributed by atoms with Gasteiger partial charge in [0.25, 0.3) is 0 Å². The van der Waals surface area contributed by atoms with Crippen molar-refractivity contribution in [3.63, 3.8) is 0 Å². The van der Waals surface area contributed by atoms with Crippen LogP contribution in [-0.2, 0) is 0 Å². The van der Waals surface area contributed by atoms with Crippen LogP contribution in [0.25, 0.3) is 0 Å². The van der Waals surface area contributed by atoms with Crippen molar-refractivity contribution in [1.82, 2.24) is 19.9 Å². The average molecular weight is 361 g/mol. The van der Waals surface area contributed by atoms with E-state index in [2.05, 4.69) is 66.2 Å². The second-order valence-electron chi connectivity index (χ2n) is 6.56. The second-order valence-corrected chi connectivity index (χ2v) is 6.56. The van der Waals surface area contributed by atoms with Gasteiger partial charge in [0.05, 0.1) is 0 Å². The Morgan fingerprint density at radius 2 is 1.56 bits per heavy atom. The molecule has 0 aliphatic carbocycles. The molecule has 0 radical (unpaired) electrons. The Labute approximate surface area is 159 Å². The number of anilines is 3. The fraction of sp³-hybridized carbons (Fsp3) is 0.300. The molecular weight excluding hydrogens is 338 g/mol. The lowest BCUT2D eigenvalue weighted by Gasteiger charge is -2.35. The molecule has 0 amide bonds. The molecule has 138 valence electrons. The van der Waals surface area contributed by atoms with Crippen LogP contribution < -0.4 is 15.1 Å². The molecule has 1 unspecified atom stereocenters. The minimum absolute atomic E-state index is 0.182. The summed E-state index contributed by atoms with van der Waals surface area (Å²) in [7, 11) is 0. The summed E-state index contributed by atoms with van der Waals surface area (Å²) in [6.07, 6.45) is 5.19. The zero-order chi connectivity index (χ0) is 18.5. The second kappa shape index (κ2) is 7.99. The smallest absolute Gasteiger partial charge is 0.225 e. The third-order valence-electron chi connectivity index (χ3n) is 4.76. The van der Waals surface area contributed by atoms with E-state index in [9.17, 15) is 0 Å². The number of rotatable bonds is 5. The molecule has 1 N–H and O–H groups in total. The van der Waals surface area contributed by atoms with Crippen molar-refractivity contribution in [2.24, 2.45) is 0 Å². The first-order valence-corrected chi connectivity index (χ1v) is 9.20. The number of aromatic nitrogens is 4. The molecule has 1 saturated heterocycles. The fourth-order valence-electron chi connectivity index (χ4n) is 3.24. The first kappa shape index (κ1) is 17.2. The summed E-state index contributed by atoms with van der Waals surface area (Å²) < 4.78 is 0. The lowest BCUT2D eigenvalue weighted by molar-refractivity contribution is 0.634. The quantitative estimate of drug-likeness (QED) is 0.749. The highest BCUT2D eigenvalue weighted by Gasteiger charge is 2.20. The number of hydrogen-bond donors (Lipinski definition) is 1. The van der Waals surface area contributed by atoms with Gasteiger partial charge < -0.3 is 15.1 Å². The summed E-state index contributed by atoms with van der Waals surface area (Å²) in [4.78, 5) is 22.0. The Kier molecular flexibility index (Phi) is 5.09. The van der Waals surface area contributed by atoms with Crippen molar-refractivity contribution >= 4 is 17.6 Å².